The number of hydrogen-bond acceptors (Lipinski definition) is 2. The largest absolute Gasteiger partial charge is 0.484 e. The number of benzene rings is 1. The Kier molecular flexibility index (Phi) is 2.87. The van der Waals surface area contributed by atoms with Crippen molar-refractivity contribution in [3.63, 3.8) is 0 Å². The molecule has 1 aliphatic rings. The number of alkyl halides is 3. The van der Waals surface area contributed by atoms with E-state index in [0.29, 0.717) is 5.69 Å². The number of hydrogen-bond donors (Lipinski definition) is 1. The van der Waals surface area contributed by atoms with Gasteiger partial charge in [0.1, 0.15) is 0 Å². The first-order chi connectivity index (χ1) is 7.96. The van der Waals surface area contributed by atoms with Crippen molar-refractivity contribution in [2.24, 2.45) is 10.9 Å². The number of carbonyl (C=O) groups is 1. The molecule has 1 aromatic rings. The lowest BCUT2D eigenvalue weighted by molar-refractivity contribution is -0.170. The van der Waals surface area contributed by atoms with Gasteiger partial charge in [-0.05, 0) is 18.1 Å². The van der Waals surface area contributed by atoms with Gasteiger partial charge in [0.2, 0.25) is 5.91 Å². The minimum atomic E-state index is -4.69. The lowest BCUT2D eigenvalue weighted by atomic mass is 9.96. The van der Waals surface area contributed by atoms with Crippen LogP contribution in [-0.4, -0.2) is 18.4 Å². The summed E-state index contributed by atoms with van der Waals surface area (Å²) in [6.07, 6.45) is -3.20. The van der Waals surface area contributed by atoms with Crippen LogP contribution in [0.3, 0.4) is 0 Å². The van der Waals surface area contributed by atoms with Crippen LogP contribution in [0.5, 0.6) is 0 Å². The van der Waals surface area contributed by atoms with Crippen molar-refractivity contribution in [2.75, 3.05) is 0 Å². The summed E-state index contributed by atoms with van der Waals surface area (Å²) in [5.41, 5.74) is 1.47. The highest BCUT2D eigenvalue weighted by Crippen LogP contribution is 2.26. The van der Waals surface area contributed by atoms with Crippen LogP contribution in [0.15, 0.2) is 29.3 Å². The third-order valence-corrected chi connectivity index (χ3v) is 2.43. The van der Waals surface area contributed by atoms with E-state index in [1.54, 1.807) is 24.3 Å². The van der Waals surface area contributed by atoms with Gasteiger partial charge in [0.25, 0.3) is 0 Å². The summed E-state index contributed by atoms with van der Waals surface area (Å²) in [5.74, 6) is -1.94. The number of fused-ring (bicyclic) bond motifs is 1. The van der Waals surface area contributed by atoms with E-state index in [0.717, 1.165) is 10.9 Å². The molecule has 1 aliphatic heterocycles. The van der Waals surface area contributed by atoms with Crippen molar-refractivity contribution in [2.45, 2.75) is 12.7 Å². The first-order valence-corrected chi connectivity index (χ1v) is 4.96. The standard InChI is InChI=1S/C11H9F3N2O/c12-11(13,14)16-10(17)8-5-7-3-1-2-4-9(7)15-6-8/h1-4,6,8H,5H2,(H,16,17). The fraction of sp³-hybridized carbons (Fsp3) is 0.273. The molecule has 0 saturated heterocycles. The minimum absolute atomic E-state index is 0.238. The third-order valence-electron chi connectivity index (χ3n) is 2.43. The van der Waals surface area contributed by atoms with Crippen molar-refractivity contribution in [3.8, 4) is 0 Å². The molecule has 1 aromatic carbocycles. The molecule has 1 N–H and O–H groups in total. The molecular weight excluding hydrogens is 233 g/mol. The summed E-state index contributed by atoms with van der Waals surface area (Å²) in [7, 11) is 0. The van der Waals surface area contributed by atoms with Gasteiger partial charge in [-0.25, -0.2) is 0 Å². The van der Waals surface area contributed by atoms with Gasteiger partial charge >= 0.3 is 6.30 Å². The molecule has 1 unspecified atom stereocenters. The molecule has 2 rings (SSSR count). The molecular formula is C11H9F3N2O. The quantitative estimate of drug-likeness (QED) is 0.753. The number of nitrogens with zero attached hydrogens (tertiary/aromatic N) is 1. The summed E-state index contributed by atoms with van der Waals surface area (Å²) in [5, 5.41) is 0.989. The van der Waals surface area contributed by atoms with Gasteiger partial charge in [0.05, 0.1) is 11.6 Å². The number of rotatable bonds is 1. The van der Waals surface area contributed by atoms with E-state index in [1.807, 2.05) is 0 Å². The molecule has 0 aromatic heterocycles. The Morgan fingerprint density at radius 3 is 2.76 bits per heavy atom. The van der Waals surface area contributed by atoms with Crippen LogP contribution in [0, 0.1) is 5.92 Å². The van der Waals surface area contributed by atoms with Gasteiger partial charge in [-0.3, -0.25) is 15.1 Å². The zero-order valence-electron chi connectivity index (χ0n) is 8.66. The van der Waals surface area contributed by atoms with E-state index in [-0.39, 0.29) is 6.42 Å². The van der Waals surface area contributed by atoms with Crippen LogP contribution < -0.4 is 5.32 Å². The summed E-state index contributed by atoms with van der Waals surface area (Å²) < 4.78 is 35.9. The Morgan fingerprint density at radius 2 is 2.06 bits per heavy atom. The van der Waals surface area contributed by atoms with E-state index in [4.69, 9.17) is 0 Å². The van der Waals surface area contributed by atoms with Crippen LogP contribution in [-0.2, 0) is 11.2 Å². The van der Waals surface area contributed by atoms with Gasteiger partial charge < -0.3 is 0 Å². The Bertz CT molecular complexity index is 468. The SMILES string of the molecule is O=C(NC(F)(F)F)C1C=Nc2ccccc2C1. The minimum Gasteiger partial charge on any atom is -0.274 e. The second-order valence-electron chi connectivity index (χ2n) is 3.70. The first kappa shape index (κ1) is 11.6. The van der Waals surface area contributed by atoms with Crippen LogP contribution >= 0.6 is 0 Å². The zero-order valence-corrected chi connectivity index (χ0v) is 8.66. The summed E-state index contributed by atoms with van der Waals surface area (Å²) in [4.78, 5) is 15.3. The monoisotopic (exact) mass is 242 g/mol. The molecule has 0 saturated carbocycles. The molecule has 1 heterocycles. The van der Waals surface area contributed by atoms with Crippen molar-refractivity contribution in [1.29, 1.82) is 0 Å². The van der Waals surface area contributed by atoms with Crippen molar-refractivity contribution >= 4 is 17.8 Å². The maximum absolute atomic E-state index is 12.0. The number of amides is 1. The van der Waals surface area contributed by atoms with E-state index >= 15 is 0 Å². The van der Waals surface area contributed by atoms with Gasteiger partial charge in [-0.2, -0.15) is 13.2 Å². The van der Waals surface area contributed by atoms with Crippen molar-refractivity contribution < 1.29 is 18.0 Å². The smallest absolute Gasteiger partial charge is 0.274 e. The highest BCUT2D eigenvalue weighted by atomic mass is 19.4. The lowest BCUT2D eigenvalue weighted by Gasteiger charge is -2.18. The molecule has 6 heteroatoms. The second kappa shape index (κ2) is 4.20. The topological polar surface area (TPSA) is 41.5 Å². The molecule has 0 radical (unpaired) electrons. The van der Waals surface area contributed by atoms with Crippen molar-refractivity contribution in [3.05, 3.63) is 29.8 Å². The molecule has 0 fully saturated rings. The Labute approximate surface area is 95.4 Å². The van der Waals surface area contributed by atoms with E-state index < -0.39 is 18.1 Å². The molecule has 1 amide bonds. The van der Waals surface area contributed by atoms with Crippen molar-refractivity contribution in [1.82, 2.24) is 5.32 Å². The van der Waals surface area contributed by atoms with E-state index in [1.165, 1.54) is 6.21 Å². The number of halogens is 3. The molecule has 0 spiro atoms. The Hall–Kier alpha value is -1.85. The maximum atomic E-state index is 12.0. The lowest BCUT2D eigenvalue weighted by Crippen LogP contribution is -2.42. The van der Waals surface area contributed by atoms with Gasteiger partial charge in [-0.1, -0.05) is 18.2 Å². The third kappa shape index (κ3) is 2.83. The van der Waals surface area contributed by atoms with Gasteiger partial charge in [0, 0.05) is 6.21 Å². The molecule has 90 valence electrons. The number of aliphatic imine (C=N–C) groups is 1. The molecule has 3 nitrogen and oxygen atoms in total. The number of carbonyl (C=O) groups excluding carboxylic acids is 1. The van der Waals surface area contributed by atoms with Crippen LogP contribution in [0.25, 0.3) is 0 Å². The maximum Gasteiger partial charge on any atom is 0.484 e. The van der Waals surface area contributed by atoms with E-state index in [2.05, 4.69) is 4.99 Å². The van der Waals surface area contributed by atoms with Gasteiger partial charge in [0.15, 0.2) is 0 Å². The molecule has 0 aliphatic carbocycles. The normalized spacial score (nSPS) is 18.6. The average Bonchev–Trinajstić information content (AvgIpc) is 2.26. The molecule has 0 bridgehead atoms. The van der Waals surface area contributed by atoms with E-state index in [9.17, 15) is 18.0 Å². The fourth-order valence-corrected chi connectivity index (χ4v) is 1.66. The number of para-hydroxylation sites is 1. The molecule has 17 heavy (non-hydrogen) atoms. The number of nitrogens with one attached hydrogen (secondary N) is 1. The predicted molar refractivity (Wildman–Crippen MR) is 56.0 cm³/mol. The van der Waals surface area contributed by atoms with Crippen LogP contribution in [0.2, 0.25) is 0 Å². The first-order valence-electron chi connectivity index (χ1n) is 4.96. The fourth-order valence-electron chi connectivity index (χ4n) is 1.66. The summed E-state index contributed by atoms with van der Waals surface area (Å²) in [6.45, 7) is 0. The van der Waals surface area contributed by atoms with Gasteiger partial charge in [-0.15, -0.1) is 0 Å². The predicted octanol–water partition coefficient (Wildman–Crippen LogP) is 2.20. The van der Waals surface area contributed by atoms with Crippen LogP contribution in [0.4, 0.5) is 18.9 Å². The molecule has 1 atom stereocenters. The highest BCUT2D eigenvalue weighted by molar-refractivity contribution is 5.95. The summed E-state index contributed by atoms with van der Waals surface area (Å²) in [6, 6.07) is 7.05. The van der Waals surface area contributed by atoms with Crippen LogP contribution in [0.1, 0.15) is 5.56 Å². The second-order valence-corrected chi connectivity index (χ2v) is 3.70. The Morgan fingerprint density at radius 1 is 1.35 bits per heavy atom. The Balaban J connectivity index is 2.11. The zero-order chi connectivity index (χ0) is 12.5. The average molecular weight is 242 g/mol. The highest BCUT2D eigenvalue weighted by Gasteiger charge is 2.33. The summed E-state index contributed by atoms with van der Waals surface area (Å²) >= 11 is 0.